The monoisotopic (exact) mass is 262 g/mol. The normalized spacial score (nSPS) is 36.7. The molecule has 2 aliphatic carbocycles. The molecule has 0 aromatic carbocycles. The first-order valence-electron chi connectivity index (χ1n) is 7.73. The van der Waals surface area contributed by atoms with Gasteiger partial charge in [0.15, 0.2) is 0 Å². The van der Waals surface area contributed by atoms with Crippen LogP contribution in [0.1, 0.15) is 45.4 Å². The molecule has 19 heavy (non-hydrogen) atoms. The highest BCUT2D eigenvalue weighted by Crippen LogP contribution is 2.61. The molecule has 2 atom stereocenters. The van der Waals surface area contributed by atoms with E-state index in [9.17, 15) is 9.59 Å². The summed E-state index contributed by atoms with van der Waals surface area (Å²) in [5.74, 6) is 1.23. The van der Waals surface area contributed by atoms with E-state index < -0.39 is 0 Å². The Morgan fingerprint density at radius 1 is 1.16 bits per heavy atom. The molecule has 2 saturated heterocycles. The lowest BCUT2D eigenvalue weighted by Gasteiger charge is -2.42. The van der Waals surface area contributed by atoms with E-state index >= 15 is 0 Å². The zero-order chi connectivity index (χ0) is 13.2. The minimum Gasteiger partial charge on any atom is -0.329 e. The van der Waals surface area contributed by atoms with Crippen LogP contribution in [0, 0.1) is 11.3 Å². The second kappa shape index (κ2) is 3.74. The molecule has 2 heterocycles. The fourth-order valence-corrected chi connectivity index (χ4v) is 4.15. The number of nitrogens with zero attached hydrogens (tertiary/aromatic N) is 2. The molecule has 4 rings (SSSR count). The molecular formula is C15H22N2O2. The standard InChI is InChI=1S/C15H22N2O2/c1-10-13(18)16-8-2-3-12(16)14(19)17(10)9-15(6-7-15)11-4-5-11/h10-12H,2-9H2,1H3. The van der Waals surface area contributed by atoms with Crippen molar-refractivity contribution in [3.63, 3.8) is 0 Å². The molecule has 2 unspecified atom stereocenters. The Balaban J connectivity index is 1.56. The van der Waals surface area contributed by atoms with E-state index in [-0.39, 0.29) is 23.9 Å². The Hall–Kier alpha value is -1.06. The van der Waals surface area contributed by atoms with Gasteiger partial charge in [-0.3, -0.25) is 9.59 Å². The Morgan fingerprint density at radius 2 is 1.89 bits per heavy atom. The van der Waals surface area contributed by atoms with Crippen molar-refractivity contribution in [3.05, 3.63) is 0 Å². The number of hydrogen-bond donors (Lipinski definition) is 0. The molecule has 0 aromatic rings. The van der Waals surface area contributed by atoms with Crippen LogP contribution in [0.15, 0.2) is 0 Å². The molecule has 4 fully saturated rings. The van der Waals surface area contributed by atoms with Gasteiger partial charge in [-0.2, -0.15) is 0 Å². The van der Waals surface area contributed by atoms with Gasteiger partial charge < -0.3 is 9.80 Å². The third-order valence-corrected chi connectivity index (χ3v) is 5.75. The molecule has 104 valence electrons. The third kappa shape index (κ3) is 1.65. The minimum atomic E-state index is -0.238. The number of fused-ring (bicyclic) bond motifs is 1. The molecule has 0 N–H and O–H groups in total. The fraction of sp³-hybridized carbons (Fsp3) is 0.867. The quantitative estimate of drug-likeness (QED) is 0.771. The average molecular weight is 262 g/mol. The highest BCUT2D eigenvalue weighted by molar-refractivity contribution is 5.97. The van der Waals surface area contributed by atoms with Crippen molar-refractivity contribution in [2.24, 2.45) is 11.3 Å². The van der Waals surface area contributed by atoms with Crippen molar-refractivity contribution in [1.29, 1.82) is 0 Å². The van der Waals surface area contributed by atoms with Gasteiger partial charge >= 0.3 is 0 Å². The van der Waals surface area contributed by atoms with Crippen LogP contribution in [0.3, 0.4) is 0 Å². The second-order valence-corrected chi connectivity index (χ2v) is 6.97. The molecule has 0 aromatic heterocycles. The van der Waals surface area contributed by atoms with Crippen LogP contribution in [0.2, 0.25) is 0 Å². The van der Waals surface area contributed by atoms with Gasteiger partial charge in [0.2, 0.25) is 11.8 Å². The SMILES string of the molecule is CC1C(=O)N2CCCC2C(=O)N1CC1(C2CC2)CC1. The summed E-state index contributed by atoms with van der Waals surface area (Å²) in [5.41, 5.74) is 0.394. The van der Waals surface area contributed by atoms with Gasteiger partial charge in [-0.05, 0) is 56.8 Å². The topological polar surface area (TPSA) is 40.6 Å². The van der Waals surface area contributed by atoms with Gasteiger partial charge in [0.1, 0.15) is 12.1 Å². The number of carbonyl (C=O) groups excluding carboxylic acids is 2. The fourth-order valence-electron chi connectivity index (χ4n) is 4.15. The summed E-state index contributed by atoms with van der Waals surface area (Å²) < 4.78 is 0. The predicted molar refractivity (Wildman–Crippen MR) is 70.3 cm³/mol. The van der Waals surface area contributed by atoms with Crippen molar-refractivity contribution in [2.45, 2.75) is 57.5 Å². The Bertz CT molecular complexity index is 439. The lowest BCUT2D eigenvalue weighted by Crippen LogP contribution is -2.62. The van der Waals surface area contributed by atoms with Gasteiger partial charge in [0.05, 0.1) is 0 Å². The van der Waals surface area contributed by atoms with Crippen LogP contribution in [0.5, 0.6) is 0 Å². The molecule has 2 amide bonds. The number of rotatable bonds is 3. The van der Waals surface area contributed by atoms with Crippen LogP contribution in [0.25, 0.3) is 0 Å². The van der Waals surface area contributed by atoms with Crippen molar-refractivity contribution in [3.8, 4) is 0 Å². The number of amides is 2. The smallest absolute Gasteiger partial charge is 0.246 e. The van der Waals surface area contributed by atoms with Crippen LogP contribution < -0.4 is 0 Å². The molecule has 4 aliphatic rings. The van der Waals surface area contributed by atoms with Crippen LogP contribution in [0.4, 0.5) is 0 Å². The Labute approximate surface area is 114 Å². The van der Waals surface area contributed by atoms with Crippen molar-refractivity contribution >= 4 is 11.8 Å². The summed E-state index contributed by atoms with van der Waals surface area (Å²) in [4.78, 5) is 28.8. The van der Waals surface area contributed by atoms with Gasteiger partial charge in [-0.25, -0.2) is 0 Å². The van der Waals surface area contributed by atoms with Gasteiger partial charge in [0, 0.05) is 13.1 Å². The first-order chi connectivity index (χ1) is 9.12. The highest BCUT2D eigenvalue weighted by Gasteiger charge is 2.57. The van der Waals surface area contributed by atoms with Crippen LogP contribution >= 0.6 is 0 Å². The number of piperazine rings is 1. The summed E-state index contributed by atoms with van der Waals surface area (Å²) in [5, 5.41) is 0. The molecular weight excluding hydrogens is 240 g/mol. The largest absolute Gasteiger partial charge is 0.329 e. The predicted octanol–water partition coefficient (Wildman–Crippen LogP) is 1.40. The summed E-state index contributed by atoms with van der Waals surface area (Å²) in [7, 11) is 0. The first-order valence-corrected chi connectivity index (χ1v) is 7.73. The van der Waals surface area contributed by atoms with Crippen molar-refractivity contribution in [2.75, 3.05) is 13.1 Å². The molecule has 0 spiro atoms. The summed E-state index contributed by atoms with van der Waals surface area (Å²) in [6, 6.07) is -0.378. The highest BCUT2D eigenvalue weighted by atomic mass is 16.2. The van der Waals surface area contributed by atoms with Gasteiger partial charge in [0.25, 0.3) is 0 Å². The molecule has 4 nitrogen and oxygen atoms in total. The molecule has 2 aliphatic heterocycles. The van der Waals surface area contributed by atoms with E-state index in [4.69, 9.17) is 0 Å². The molecule has 2 saturated carbocycles. The summed E-state index contributed by atoms with van der Waals surface area (Å²) >= 11 is 0. The maximum atomic E-state index is 12.6. The second-order valence-electron chi connectivity index (χ2n) is 6.97. The van der Waals surface area contributed by atoms with E-state index in [0.29, 0.717) is 5.41 Å². The van der Waals surface area contributed by atoms with Crippen molar-refractivity contribution in [1.82, 2.24) is 9.80 Å². The van der Waals surface area contributed by atoms with Crippen molar-refractivity contribution < 1.29 is 9.59 Å². The molecule has 4 heteroatoms. The van der Waals surface area contributed by atoms with E-state index in [0.717, 1.165) is 31.8 Å². The van der Waals surface area contributed by atoms with E-state index in [1.54, 1.807) is 0 Å². The maximum absolute atomic E-state index is 12.6. The van der Waals surface area contributed by atoms with Gasteiger partial charge in [-0.15, -0.1) is 0 Å². The first kappa shape index (κ1) is 11.7. The van der Waals surface area contributed by atoms with E-state index in [1.807, 2.05) is 16.7 Å². The Kier molecular flexibility index (Phi) is 2.31. The van der Waals surface area contributed by atoms with Crippen LogP contribution in [-0.4, -0.2) is 46.8 Å². The minimum absolute atomic E-state index is 0.140. The lowest BCUT2D eigenvalue weighted by molar-refractivity contribution is -0.159. The average Bonchev–Trinajstić information content (AvgIpc) is 3.30. The van der Waals surface area contributed by atoms with E-state index in [1.165, 1.54) is 25.7 Å². The summed E-state index contributed by atoms with van der Waals surface area (Å²) in [6.07, 6.45) is 7.04. The zero-order valence-corrected chi connectivity index (χ0v) is 11.6. The maximum Gasteiger partial charge on any atom is 0.246 e. The van der Waals surface area contributed by atoms with E-state index in [2.05, 4.69) is 0 Å². The number of carbonyl (C=O) groups is 2. The third-order valence-electron chi connectivity index (χ3n) is 5.75. The molecule has 0 radical (unpaired) electrons. The molecule has 0 bridgehead atoms. The number of hydrogen-bond acceptors (Lipinski definition) is 2. The zero-order valence-electron chi connectivity index (χ0n) is 11.6. The summed E-state index contributed by atoms with van der Waals surface area (Å²) in [6.45, 7) is 3.53. The van der Waals surface area contributed by atoms with Gasteiger partial charge in [-0.1, -0.05) is 0 Å². The Morgan fingerprint density at radius 3 is 2.53 bits per heavy atom. The lowest BCUT2D eigenvalue weighted by atomic mass is 9.96. The van der Waals surface area contributed by atoms with Crippen LogP contribution in [-0.2, 0) is 9.59 Å².